The van der Waals surface area contributed by atoms with Gasteiger partial charge in [0.15, 0.2) is 28.2 Å². The van der Waals surface area contributed by atoms with Crippen LogP contribution in [0, 0.1) is 0 Å². The first-order chi connectivity index (χ1) is 26.5. The standard InChI is InChI=1S/C36H29Cl2N7O7S3/c37-21-7-8-23(38)19(10-21)13-52-44-27(24-16-55-36(39)41-24)31(48)42-28-33(49)45-29(35(50)51)20(15-54-34(28)45)14-53-32-22(18-6-9-25(46)26(47)11-18)12-40-30(43-32)17-4-2-1-3-5-17/h1-6,9-12,16,28,34,46-47H,7-8,13-15H2,(H2,39,41)(H,42,48)(H,50,51)/b44-27-/t28-,34-/m1/s1. The number of halogens is 2. The molecule has 2 aliphatic heterocycles. The number of carboxylic acid groups (broad SMARTS) is 1. The Balaban J connectivity index is 1.10. The van der Waals surface area contributed by atoms with E-state index in [9.17, 15) is 29.7 Å². The summed E-state index contributed by atoms with van der Waals surface area (Å²) in [5, 5.41) is 39.8. The third-order valence-electron chi connectivity index (χ3n) is 8.61. The predicted molar refractivity (Wildman–Crippen MR) is 212 cm³/mol. The number of oxime groups is 1. The molecule has 0 spiro atoms. The van der Waals surface area contributed by atoms with Gasteiger partial charge in [-0.2, -0.15) is 0 Å². The van der Waals surface area contributed by atoms with Gasteiger partial charge in [-0.25, -0.2) is 19.7 Å². The number of carboxylic acids is 1. The van der Waals surface area contributed by atoms with E-state index in [0.29, 0.717) is 56.0 Å². The molecule has 4 heterocycles. The maximum atomic E-state index is 13.6. The first kappa shape index (κ1) is 38.2. The van der Waals surface area contributed by atoms with Crippen molar-refractivity contribution >= 4 is 86.7 Å². The minimum Gasteiger partial charge on any atom is -0.504 e. The third kappa shape index (κ3) is 8.16. The number of carbonyl (C=O) groups excluding carboxylic acids is 2. The monoisotopic (exact) mass is 837 g/mol. The highest BCUT2D eigenvalue weighted by Crippen LogP contribution is 2.43. The Bertz CT molecular complexity index is 2330. The molecule has 0 saturated carbocycles. The molecule has 0 bridgehead atoms. The largest absolute Gasteiger partial charge is 0.504 e. The van der Waals surface area contributed by atoms with Crippen molar-refractivity contribution in [2.75, 3.05) is 23.8 Å². The zero-order valence-corrected chi connectivity index (χ0v) is 32.3. The summed E-state index contributed by atoms with van der Waals surface area (Å²) in [7, 11) is 0. The van der Waals surface area contributed by atoms with Crippen LogP contribution in [0.25, 0.3) is 22.5 Å². The Morgan fingerprint density at radius 3 is 2.62 bits per heavy atom. The van der Waals surface area contributed by atoms with Gasteiger partial charge in [0.2, 0.25) is 0 Å². The molecule has 2 aromatic carbocycles. The number of fused-ring (bicyclic) bond motifs is 1. The van der Waals surface area contributed by atoms with Crippen molar-refractivity contribution in [2.45, 2.75) is 29.3 Å². The number of aromatic hydroxyl groups is 2. The van der Waals surface area contributed by atoms with Crippen LogP contribution in [-0.2, 0) is 19.2 Å². The Kier molecular flexibility index (Phi) is 11.4. The molecule has 2 atom stereocenters. The second-order valence-corrected chi connectivity index (χ2v) is 16.1. The number of aliphatic carboxylic acids is 1. The van der Waals surface area contributed by atoms with Gasteiger partial charge in [0.1, 0.15) is 34.4 Å². The fourth-order valence-electron chi connectivity index (χ4n) is 5.87. The number of β-lactam (4-membered cyclic amide) rings is 1. The number of nitrogens with one attached hydrogen (secondary N) is 1. The molecular weight excluding hydrogens is 810 g/mol. The third-order valence-corrected chi connectivity index (χ3v) is 12.4. The van der Waals surface area contributed by atoms with E-state index in [-0.39, 0.29) is 51.8 Å². The molecule has 282 valence electrons. The topological polar surface area (TPSA) is 213 Å². The summed E-state index contributed by atoms with van der Waals surface area (Å²) in [6.45, 7) is -0.0743. The summed E-state index contributed by atoms with van der Waals surface area (Å²) >= 11 is 16.1. The van der Waals surface area contributed by atoms with Crippen LogP contribution < -0.4 is 11.1 Å². The molecule has 4 aromatic rings. The van der Waals surface area contributed by atoms with Gasteiger partial charge in [0, 0.05) is 49.8 Å². The van der Waals surface area contributed by atoms with E-state index in [4.69, 9.17) is 38.8 Å². The molecule has 0 unspecified atom stereocenters. The summed E-state index contributed by atoms with van der Waals surface area (Å²) < 4.78 is 0. The van der Waals surface area contributed by atoms with Gasteiger partial charge in [-0.15, -0.1) is 34.9 Å². The minimum absolute atomic E-state index is 0.0743. The lowest BCUT2D eigenvalue weighted by Crippen LogP contribution is -2.71. The van der Waals surface area contributed by atoms with Crippen molar-refractivity contribution in [1.29, 1.82) is 0 Å². The lowest BCUT2D eigenvalue weighted by Gasteiger charge is -2.49. The van der Waals surface area contributed by atoms with Gasteiger partial charge in [-0.05, 0) is 42.2 Å². The van der Waals surface area contributed by atoms with Crippen LogP contribution >= 0.6 is 58.1 Å². The Morgan fingerprint density at radius 1 is 1.09 bits per heavy atom. The number of allylic oxidation sites excluding steroid dienone is 2. The quantitative estimate of drug-likeness (QED) is 0.0280. The lowest BCUT2D eigenvalue weighted by atomic mass is 10.0. The van der Waals surface area contributed by atoms with Crippen molar-refractivity contribution < 1.29 is 34.5 Å². The number of hydrogen-bond donors (Lipinski definition) is 5. The number of rotatable bonds is 12. The van der Waals surface area contributed by atoms with Gasteiger partial charge in [0.25, 0.3) is 11.8 Å². The Hall–Kier alpha value is -5.07. The SMILES string of the molecule is Nc1nc(/C(=N/OCC2=C(Cl)CCC(Cl)=C2)C(=O)N[C@@H]2C(=O)N3C(C(=O)O)=C(CSc4nc(-c5ccccc5)ncc4-c4ccc(O)c(O)c4)CS[C@H]23)cs1. The van der Waals surface area contributed by atoms with E-state index < -0.39 is 29.2 Å². The van der Waals surface area contributed by atoms with Crippen LogP contribution in [0.1, 0.15) is 18.5 Å². The predicted octanol–water partition coefficient (Wildman–Crippen LogP) is 5.92. The number of amides is 2. The molecule has 1 aliphatic carbocycles. The molecule has 0 radical (unpaired) electrons. The number of thioether (sulfide) groups is 2. The maximum absolute atomic E-state index is 13.6. The van der Waals surface area contributed by atoms with Gasteiger partial charge in [-0.1, -0.05) is 64.8 Å². The number of nitrogens with two attached hydrogens (primary N) is 1. The van der Waals surface area contributed by atoms with E-state index >= 15 is 0 Å². The summed E-state index contributed by atoms with van der Waals surface area (Å²) in [6.07, 6.45) is 4.44. The molecule has 3 aliphatic rings. The number of aromatic nitrogens is 3. The van der Waals surface area contributed by atoms with Crippen LogP contribution in [0.4, 0.5) is 5.13 Å². The summed E-state index contributed by atoms with van der Waals surface area (Å²) in [5.74, 6) is -2.48. The van der Waals surface area contributed by atoms with E-state index in [1.54, 1.807) is 18.3 Å². The van der Waals surface area contributed by atoms with Crippen molar-refractivity contribution in [2.24, 2.45) is 5.16 Å². The van der Waals surface area contributed by atoms with E-state index in [1.807, 2.05) is 30.3 Å². The first-order valence-electron chi connectivity index (χ1n) is 16.4. The molecule has 55 heavy (non-hydrogen) atoms. The van der Waals surface area contributed by atoms with Gasteiger partial charge >= 0.3 is 5.97 Å². The average molecular weight is 839 g/mol. The number of benzene rings is 2. The van der Waals surface area contributed by atoms with Crippen molar-refractivity contribution in [3.63, 3.8) is 0 Å². The number of thiazole rings is 1. The highest BCUT2D eigenvalue weighted by Gasteiger charge is 2.54. The second kappa shape index (κ2) is 16.3. The zero-order valence-electron chi connectivity index (χ0n) is 28.3. The number of phenols is 2. The number of nitrogen functional groups attached to an aromatic ring is 1. The van der Waals surface area contributed by atoms with E-state index in [0.717, 1.165) is 16.9 Å². The van der Waals surface area contributed by atoms with Crippen LogP contribution in [-0.4, -0.2) is 88.2 Å². The zero-order chi connectivity index (χ0) is 38.8. The molecule has 7 rings (SSSR count). The van der Waals surface area contributed by atoms with Crippen molar-refractivity contribution in [3.8, 4) is 34.0 Å². The Labute approximate surface area is 335 Å². The summed E-state index contributed by atoms with van der Waals surface area (Å²) in [6, 6.07) is 12.6. The highest BCUT2D eigenvalue weighted by atomic mass is 35.5. The fourth-order valence-corrected chi connectivity index (χ4v) is 9.35. The molecule has 19 heteroatoms. The normalized spacial score (nSPS) is 18.4. The number of carbonyl (C=O) groups is 3. The van der Waals surface area contributed by atoms with Crippen LogP contribution in [0.15, 0.2) is 103 Å². The lowest BCUT2D eigenvalue weighted by molar-refractivity contribution is -0.150. The average Bonchev–Trinajstić information content (AvgIpc) is 3.62. The van der Waals surface area contributed by atoms with Crippen LogP contribution in [0.5, 0.6) is 11.5 Å². The number of phenolic OH excluding ortho intramolecular Hbond substituents is 2. The summed E-state index contributed by atoms with van der Waals surface area (Å²) in [5.41, 5.74) is 8.46. The number of anilines is 1. The van der Waals surface area contributed by atoms with Gasteiger partial charge in [0.05, 0.1) is 0 Å². The fraction of sp³-hybridized carbons (Fsp3) is 0.194. The molecular formula is C36H29Cl2N7O7S3. The maximum Gasteiger partial charge on any atom is 0.352 e. The van der Waals surface area contributed by atoms with Crippen LogP contribution in [0.3, 0.4) is 0 Å². The van der Waals surface area contributed by atoms with Gasteiger partial charge in [-0.3, -0.25) is 14.5 Å². The minimum atomic E-state index is -1.30. The van der Waals surface area contributed by atoms with Gasteiger partial charge < -0.3 is 31.2 Å². The summed E-state index contributed by atoms with van der Waals surface area (Å²) in [4.78, 5) is 60.0. The highest BCUT2D eigenvalue weighted by molar-refractivity contribution is 8.01. The molecule has 2 aromatic heterocycles. The smallest absolute Gasteiger partial charge is 0.352 e. The van der Waals surface area contributed by atoms with Crippen molar-refractivity contribution in [3.05, 3.63) is 98.8 Å². The Morgan fingerprint density at radius 2 is 1.89 bits per heavy atom. The number of hydrogen-bond acceptors (Lipinski definition) is 14. The van der Waals surface area contributed by atoms with Crippen LogP contribution in [0.2, 0.25) is 0 Å². The van der Waals surface area contributed by atoms with E-state index in [1.165, 1.54) is 45.9 Å². The first-order valence-corrected chi connectivity index (χ1v) is 20.1. The molecule has 1 fully saturated rings. The van der Waals surface area contributed by atoms with Crippen molar-refractivity contribution in [1.82, 2.24) is 25.2 Å². The molecule has 2 amide bonds. The number of nitrogens with zero attached hydrogens (tertiary/aromatic N) is 5. The molecule has 1 saturated heterocycles. The molecule has 14 nitrogen and oxygen atoms in total. The second-order valence-electron chi connectivity index (χ2n) is 12.2. The van der Waals surface area contributed by atoms with E-state index in [2.05, 4.69) is 20.4 Å². The molecule has 6 N–H and O–H groups in total.